The van der Waals surface area contributed by atoms with Crippen LogP contribution < -0.4 is 0 Å². The third-order valence-corrected chi connectivity index (χ3v) is 10.6. The number of hydrogen-bond acceptors (Lipinski definition) is 0. The Labute approximate surface area is 162 Å². The van der Waals surface area contributed by atoms with E-state index >= 15 is 0 Å². The molecule has 0 nitrogen and oxygen atoms in total. The lowest BCUT2D eigenvalue weighted by Crippen LogP contribution is -2.06. The van der Waals surface area contributed by atoms with E-state index in [1.165, 1.54) is 69.7 Å². The molecule has 0 rings (SSSR count). The Balaban J connectivity index is -0.000000335. The Morgan fingerprint density at radius 3 is 1.46 bits per heavy atom. The average Bonchev–Trinajstić information content (AvgIpc) is 2.61. The first-order valence-corrected chi connectivity index (χ1v) is 15.5. The second-order valence-corrected chi connectivity index (χ2v) is 11.8. The molecule has 24 heavy (non-hydrogen) atoms. The highest BCUT2D eigenvalue weighted by molar-refractivity contribution is 6.43. The van der Waals surface area contributed by atoms with Gasteiger partial charge in [0.1, 0.15) is 0 Å². The summed E-state index contributed by atoms with van der Waals surface area (Å²) in [6.45, 7) is 15.9. The maximum atomic E-state index is 2.36. The van der Waals surface area contributed by atoms with Gasteiger partial charge in [0.25, 0.3) is 0 Å². The van der Waals surface area contributed by atoms with Crippen molar-refractivity contribution in [1.29, 1.82) is 0 Å². The van der Waals surface area contributed by atoms with E-state index in [0.717, 1.165) is 0 Å². The Kier molecular flexibility index (Phi) is 38.0. The van der Waals surface area contributed by atoms with Crippen LogP contribution in [0.4, 0.5) is 0 Å². The maximum Gasteiger partial charge on any atom is 0.0227 e. The van der Waals surface area contributed by atoms with Gasteiger partial charge in [-0.1, -0.05) is 143 Å². The van der Waals surface area contributed by atoms with Crippen molar-refractivity contribution >= 4 is 19.0 Å². The smallest absolute Gasteiger partial charge is 0.0227 e. The number of hydrogen-bond donors (Lipinski definition) is 0. The lowest BCUT2D eigenvalue weighted by molar-refractivity contribution is 0.656. The molecule has 0 aliphatic carbocycles. The molecule has 2 heteroatoms. The minimum absolute atomic E-state index is 0.321. The van der Waals surface area contributed by atoms with Crippen LogP contribution in [0.2, 0.25) is 23.7 Å². The Bertz CT molecular complexity index is 165. The van der Waals surface area contributed by atoms with Gasteiger partial charge in [0.2, 0.25) is 0 Å². The molecule has 0 spiro atoms. The van der Waals surface area contributed by atoms with Gasteiger partial charge in [0.05, 0.1) is 0 Å². The zero-order valence-electron chi connectivity index (χ0n) is 18.9. The number of unbranched alkanes of at least 4 members (excludes halogenated alkanes) is 5. The fraction of sp³-hybridized carbons (Fsp3) is 1.00. The van der Waals surface area contributed by atoms with Crippen molar-refractivity contribution in [2.45, 2.75) is 143 Å². The second-order valence-electron chi connectivity index (χ2n) is 7.35. The predicted octanol–water partition coefficient (Wildman–Crippen LogP) is 7.77. The van der Waals surface area contributed by atoms with E-state index in [2.05, 4.69) is 48.5 Å². The quantitative estimate of drug-likeness (QED) is 0.215. The van der Waals surface area contributed by atoms with E-state index in [4.69, 9.17) is 0 Å². The van der Waals surface area contributed by atoms with Gasteiger partial charge in [-0.2, -0.15) is 0 Å². The molecule has 0 aliphatic heterocycles. The molecule has 0 saturated carbocycles. The van der Waals surface area contributed by atoms with E-state index in [1.807, 2.05) is 0 Å². The first-order chi connectivity index (χ1) is 11.7. The molecule has 0 aliphatic rings. The van der Waals surface area contributed by atoms with E-state index in [9.17, 15) is 0 Å². The lowest BCUT2D eigenvalue weighted by atomic mass is 10.2. The van der Waals surface area contributed by atoms with Crippen LogP contribution in [0.15, 0.2) is 0 Å². The molecule has 0 bridgehead atoms. The molecule has 1 unspecified atom stereocenters. The summed E-state index contributed by atoms with van der Waals surface area (Å²) < 4.78 is 0. The van der Waals surface area contributed by atoms with Crippen molar-refractivity contribution in [2.75, 3.05) is 0 Å². The molecule has 0 radical (unpaired) electrons. The van der Waals surface area contributed by atoms with Crippen LogP contribution in [-0.4, -0.2) is 19.0 Å². The summed E-state index contributed by atoms with van der Waals surface area (Å²) in [5, 5.41) is 0. The standard InChI is InChI=1S/C11H28Si2.C7H16.C4H10/c1-4-7-11(13-9-6-3)10-12-8-5-2;1-3-5-7-6-4-2;1-3-4-2/h11H,4-10,12-13H2,1-3H3;3-7H2,1-2H3;3-4H2,1-2H3. The summed E-state index contributed by atoms with van der Waals surface area (Å²) in [4.78, 5) is 0. The van der Waals surface area contributed by atoms with Crippen LogP contribution in [0.5, 0.6) is 0 Å². The number of rotatable bonds is 14. The molecule has 1 atom stereocenters. The summed E-state index contributed by atoms with van der Waals surface area (Å²) in [7, 11) is 0.671. The van der Waals surface area contributed by atoms with Crippen molar-refractivity contribution in [3.8, 4) is 0 Å². The monoisotopic (exact) mass is 374 g/mol. The third kappa shape index (κ3) is 33.9. The summed E-state index contributed by atoms with van der Waals surface area (Å²) in [6.07, 6.45) is 15.5. The molecular formula is C22H54Si2. The van der Waals surface area contributed by atoms with E-state index < -0.39 is 0 Å². The Morgan fingerprint density at radius 1 is 0.542 bits per heavy atom. The lowest BCUT2D eigenvalue weighted by Gasteiger charge is -2.14. The zero-order chi connectivity index (χ0) is 18.9. The highest BCUT2D eigenvalue weighted by Crippen LogP contribution is 2.19. The van der Waals surface area contributed by atoms with Gasteiger partial charge < -0.3 is 0 Å². The zero-order valence-corrected chi connectivity index (χ0v) is 21.7. The summed E-state index contributed by atoms with van der Waals surface area (Å²) in [5.74, 6) is 0. The van der Waals surface area contributed by atoms with Gasteiger partial charge >= 0.3 is 0 Å². The van der Waals surface area contributed by atoms with Crippen LogP contribution >= 0.6 is 0 Å². The molecule has 0 aromatic heterocycles. The third-order valence-electron chi connectivity index (χ3n) is 4.59. The fourth-order valence-corrected chi connectivity index (χ4v) is 8.05. The average molecular weight is 375 g/mol. The molecule has 0 aromatic carbocycles. The predicted molar refractivity (Wildman–Crippen MR) is 126 cm³/mol. The summed E-state index contributed by atoms with van der Waals surface area (Å²) in [5.41, 5.74) is 1.24. The van der Waals surface area contributed by atoms with Gasteiger partial charge in [0.15, 0.2) is 0 Å². The van der Waals surface area contributed by atoms with Crippen LogP contribution in [0.25, 0.3) is 0 Å². The molecule has 0 N–H and O–H groups in total. The molecule has 0 saturated heterocycles. The Hall–Kier alpha value is 0.434. The summed E-state index contributed by atoms with van der Waals surface area (Å²) in [6, 6.07) is 4.89. The van der Waals surface area contributed by atoms with Crippen molar-refractivity contribution < 1.29 is 0 Å². The van der Waals surface area contributed by atoms with Crippen LogP contribution in [0.3, 0.4) is 0 Å². The first kappa shape index (κ1) is 29.2. The molecule has 0 aromatic rings. The van der Waals surface area contributed by atoms with E-state index in [0.29, 0.717) is 19.0 Å². The second kappa shape index (κ2) is 31.2. The van der Waals surface area contributed by atoms with E-state index in [1.54, 1.807) is 24.6 Å². The first-order valence-electron chi connectivity index (χ1n) is 11.7. The minimum Gasteiger partial charge on any atom is -0.0657 e. The van der Waals surface area contributed by atoms with Crippen LogP contribution in [0.1, 0.15) is 119 Å². The highest BCUT2D eigenvalue weighted by Gasteiger charge is 2.06. The topological polar surface area (TPSA) is 0 Å². The van der Waals surface area contributed by atoms with Gasteiger partial charge in [-0.25, -0.2) is 0 Å². The minimum atomic E-state index is 0.321. The van der Waals surface area contributed by atoms with Gasteiger partial charge in [-0.05, 0) is 0 Å². The largest absolute Gasteiger partial charge is 0.0657 e. The van der Waals surface area contributed by atoms with Gasteiger partial charge in [-0.15, -0.1) is 0 Å². The normalized spacial score (nSPS) is 12.1. The van der Waals surface area contributed by atoms with Crippen molar-refractivity contribution in [2.24, 2.45) is 0 Å². The molecule has 150 valence electrons. The van der Waals surface area contributed by atoms with E-state index in [-0.39, 0.29) is 0 Å². The summed E-state index contributed by atoms with van der Waals surface area (Å²) >= 11 is 0. The van der Waals surface area contributed by atoms with Gasteiger partial charge in [0, 0.05) is 19.0 Å². The molecule has 0 heterocycles. The SMILES string of the molecule is CCCC.CCCCCCC.CCC[SiH2]CC(CCC)[SiH2]CCC. The molecule has 0 fully saturated rings. The van der Waals surface area contributed by atoms with Crippen molar-refractivity contribution in [3.05, 3.63) is 0 Å². The van der Waals surface area contributed by atoms with Crippen LogP contribution in [-0.2, 0) is 0 Å². The molecular weight excluding hydrogens is 320 g/mol. The maximum absolute atomic E-state index is 2.36. The van der Waals surface area contributed by atoms with Crippen molar-refractivity contribution in [3.63, 3.8) is 0 Å². The van der Waals surface area contributed by atoms with Crippen LogP contribution in [0, 0.1) is 0 Å². The fourth-order valence-electron chi connectivity index (χ4n) is 2.69. The van der Waals surface area contributed by atoms with Gasteiger partial charge in [-0.3, -0.25) is 0 Å². The molecule has 0 amide bonds. The Morgan fingerprint density at radius 2 is 1.08 bits per heavy atom. The van der Waals surface area contributed by atoms with Crippen molar-refractivity contribution in [1.82, 2.24) is 0 Å². The highest BCUT2D eigenvalue weighted by atomic mass is 28.2.